The van der Waals surface area contributed by atoms with Gasteiger partial charge in [0.1, 0.15) is 0 Å². The molecule has 1 saturated carbocycles. The number of piperazine rings is 1. The largest absolute Gasteiger partial charge is 0.311 e. The Labute approximate surface area is 88.1 Å². The molecule has 2 aliphatic rings. The van der Waals surface area contributed by atoms with Crippen molar-refractivity contribution in [2.24, 2.45) is 5.92 Å². The monoisotopic (exact) mass is 196 g/mol. The predicted octanol–water partition coefficient (Wildman–Crippen LogP) is 1.86. The lowest BCUT2D eigenvalue weighted by molar-refractivity contribution is 0.0543. The van der Waals surface area contributed by atoms with Gasteiger partial charge in [0.2, 0.25) is 0 Å². The molecule has 2 atom stereocenters. The van der Waals surface area contributed by atoms with Crippen molar-refractivity contribution < 1.29 is 0 Å². The lowest BCUT2D eigenvalue weighted by atomic mass is 9.96. The van der Waals surface area contributed by atoms with E-state index in [1.807, 2.05) is 0 Å². The average Bonchev–Trinajstić information content (AvgIpc) is 2.84. The zero-order chi connectivity index (χ0) is 10.3. The van der Waals surface area contributed by atoms with Gasteiger partial charge in [-0.05, 0) is 32.6 Å². The molecule has 2 rings (SSSR count). The molecule has 2 fully saturated rings. The maximum atomic E-state index is 3.60. The fourth-order valence-corrected chi connectivity index (χ4v) is 2.61. The predicted molar refractivity (Wildman–Crippen MR) is 60.4 cm³/mol. The minimum Gasteiger partial charge on any atom is -0.311 e. The van der Waals surface area contributed by atoms with Crippen LogP contribution in [0.15, 0.2) is 0 Å². The number of rotatable bonds is 2. The summed E-state index contributed by atoms with van der Waals surface area (Å²) in [6.45, 7) is 11.8. The Morgan fingerprint density at radius 2 is 2.00 bits per heavy atom. The van der Waals surface area contributed by atoms with Crippen LogP contribution in [0.2, 0.25) is 0 Å². The van der Waals surface area contributed by atoms with E-state index in [0.717, 1.165) is 12.0 Å². The highest BCUT2D eigenvalue weighted by Crippen LogP contribution is 2.43. The Morgan fingerprint density at radius 3 is 2.50 bits per heavy atom. The lowest BCUT2D eigenvalue weighted by Crippen LogP contribution is -2.60. The van der Waals surface area contributed by atoms with Crippen molar-refractivity contribution in [2.75, 3.05) is 13.1 Å². The van der Waals surface area contributed by atoms with Crippen LogP contribution in [-0.4, -0.2) is 35.6 Å². The van der Waals surface area contributed by atoms with Gasteiger partial charge in [-0.1, -0.05) is 13.8 Å². The molecule has 0 aromatic heterocycles. The summed E-state index contributed by atoms with van der Waals surface area (Å²) < 4.78 is 0. The van der Waals surface area contributed by atoms with E-state index in [0.29, 0.717) is 11.6 Å². The van der Waals surface area contributed by atoms with E-state index in [4.69, 9.17) is 0 Å². The summed E-state index contributed by atoms with van der Waals surface area (Å²) in [5.41, 5.74) is 0.547. The van der Waals surface area contributed by atoms with E-state index in [1.54, 1.807) is 0 Å². The van der Waals surface area contributed by atoms with Gasteiger partial charge in [0.25, 0.3) is 0 Å². The van der Waals surface area contributed by atoms with Gasteiger partial charge in [-0.25, -0.2) is 0 Å². The standard InChI is InChI=1S/C12H24N2/c1-9(2)11-7-13-10(3)8-14(11)12(4)5-6-12/h9-11,13H,5-8H2,1-4H3. The van der Waals surface area contributed by atoms with Crippen LogP contribution in [-0.2, 0) is 0 Å². The van der Waals surface area contributed by atoms with E-state index in [9.17, 15) is 0 Å². The summed E-state index contributed by atoms with van der Waals surface area (Å²) in [4.78, 5) is 2.76. The molecule has 0 bridgehead atoms. The first-order valence-electron chi connectivity index (χ1n) is 6.03. The molecule has 0 aromatic carbocycles. The summed E-state index contributed by atoms with van der Waals surface area (Å²) >= 11 is 0. The third kappa shape index (κ3) is 1.82. The average molecular weight is 196 g/mol. The smallest absolute Gasteiger partial charge is 0.0249 e. The molecule has 14 heavy (non-hydrogen) atoms. The molecule has 1 saturated heterocycles. The van der Waals surface area contributed by atoms with Crippen LogP contribution in [0.3, 0.4) is 0 Å². The Bertz CT molecular complexity index is 208. The third-order valence-corrected chi connectivity index (χ3v) is 3.98. The van der Waals surface area contributed by atoms with Crippen molar-refractivity contribution in [3.63, 3.8) is 0 Å². The topological polar surface area (TPSA) is 15.3 Å². The van der Waals surface area contributed by atoms with Crippen molar-refractivity contribution in [3.05, 3.63) is 0 Å². The fourth-order valence-electron chi connectivity index (χ4n) is 2.61. The van der Waals surface area contributed by atoms with Gasteiger partial charge in [-0.2, -0.15) is 0 Å². The molecule has 82 valence electrons. The third-order valence-electron chi connectivity index (χ3n) is 3.98. The molecule has 0 spiro atoms. The molecule has 1 N–H and O–H groups in total. The second-order valence-corrected chi connectivity index (χ2v) is 5.77. The van der Waals surface area contributed by atoms with Crippen LogP contribution < -0.4 is 5.32 Å². The fraction of sp³-hybridized carbons (Fsp3) is 1.00. The highest BCUT2D eigenvalue weighted by atomic mass is 15.3. The molecular formula is C12H24N2. The zero-order valence-corrected chi connectivity index (χ0v) is 10.0. The highest BCUT2D eigenvalue weighted by Gasteiger charge is 2.47. The van der Waals surface area contributed by atoms with Gasteiger partial charge >= 0.3 is 0 Å². The van der Waals surface area contributed by atoms with Crippen LogP contribution in [0.1, 0.15) is 40.5 Å². The van der Waals surface area contributed by atoms with Crippen molar-refractivity contribution in [1.29, 1.82) is 0 Å². The van der Waals surface area contributed by atoms with Gasteiger partial charge in [0.05, 0.1) is 0 Å². The molecule has 1 aliphatic carbocycles. The van der Waals surface area contributed by atoms with Gasteiger partial charge in [0, 0.05) is 30.7 Å². The Morgan fingerprint density at radius 1 is 1.36 bits per heavy atom. The van der Waals surface area contributed by atoms with Gasteiger partial charge < -0.3 is 5.32 Å². The van der Waals surface area contributed by atoms with Gasteiger partial charge in [-0.15, -0.1) is 0 Å². The molecule has 1 heterocycles. The van der Waals surface area contributed by atoms with Crippen molar-refractivity contribution in [2.45, 2.75) is 58.2 Å². The lowest BCUT2D eigenvalue weighted by Gasteiger charge is -2.45. The van der Waals surface area contributed by atoms with E-state index < -0.39 is 0 Å². The molecule has 0 radical (unpaired) electrons. The first-order valence-corrected chi connectivity index (χ1v) is 6.03. The second-order valence-electron chi connectivity index (χ2n) is 5.77. The van der Waals surface area contributed by atoms with Crippen molar-refractivity contribution in [3.8, 4) is 0 Å². The number of nitrogens with zero attached hydrogens (tertiary/aromatic N) is 1. The Balaban J connectivity index is 2.07. The van der Waals surface area contributed by atoms with E-state index in [-0.39, 0.29) is 0 Å². The zero-order valence-electron chi connectivity index (χ0n) is 10.0. The van der Waals surface area contributed by atoms with Gasteiger partial charge in [-0.3, -0.25) is 4.90 Å². The van der Waals surface area contributed by atoms with E-state index in [1.165, 1.54) is 25.9 Å². The maximum absolute atomic E-state index is 3.60. The number of hydrogen-bond donors (Lipinski definition) is 1. The van der Waals surface area contributed by atoms with Gasteiger partial charge in [0.15, 0.2) is 0 Å². The van der Waals surface area contributed by atoms with Crippen LogP contribution in [0, 0.1) is 5.92 Å². The Hall–Kier alpha value is -0.0800. The van der Waals surface area contributed by atoms with E-state index in [2.05, 4.69) is 37.9 Å². The summed E-state index contributed by atoms with van der Waals surface area (Å²) in [7, 11) is 0. The first-order chi connectivity index (χ1) is 6.53. The number of nitrogens with one attached hydrogen (secondary N) is 1. The minimum absolute atomic E-state index is 0.547. The first kappa shape index (κ1) is 10.4. The molecule has 1 aliphatic heterocycles. The SMILES string of the molecule is CC1CN(C2(C)CC2)C(C(C)C)CN1. The number of hydrogen-bond acceptors (Lipinski definition) is 2. The van der Waals surface area contributed by atoms with Crippen LogP contribution in [0.25, 0.3) is 0 Å². The maximum Gasteiger partial charge on any atom is 0.0249 e. The Kier molecular flexibility index (Phi) is 2.61. The molecule has 0 amide bonds. The second kappa shape index (κ2) is 3.49. The molecule has 0 aromatic rings. The highest BCUT2D eigenvalue weighted by molar-refractivity contribution is 5.05. The normalized spacial score (nSPS) is 37.5. The summed E-state index contributed by atoms with van der Waals surface area (Å²) in [6, 6.07) is 1.42. The van der Waals surface area contributed by atoms with Crippen LogP contribution >= 0.6 is 0 Å². The molecule has 2 unspecified atom stereocenters. The van der Waals surface area contributed by atoms with E-state index >= 15 is 0 Å². The molecule has 2 heteroatoms. The molecular weight excluding hydrogens is 172 g/mol. The van der Waals surface area contributed by atoms with Crippen LogP contribution in [0.5, 0.6) is 0 Å². The summed E-state index contributed by atoms with van der Waals surface area (Å²) in [5, 5.41) is 3.60. The molecule has 2 nitrogen and oxygen atoms in total. The quantitative estimate of drug-likeness (QED) is 0.725. The summed E-state index contributed by atoms with van der Waals surface area (Å²) in [5.74, 6) is 0.771. The van der Waals surface area contributed by atoms with Crippen molar-refractivity contribution in [1.82, 2.24) is 10.2 Å². The minimum atomic E-state index is 0.547. The summed E-state index contributed by atoms with van der Waals surface area (Å²) in [6.07, 6.45) is 2.81. The van der Waals surface area contributed by atoms with Crippen LogP contribution in [0.4, 0.5) is 0 Å². The van der Waals surface area contributed by atoms with Crippen molar-refractivity contribution >= 4 is 0 Å².